The second-order valence-corrected chi connectivity index (χ2v) is 8.72. The molecule has 0 nitrogen and oxygen atoms in total. The molecule has 0 spiro atoms. The van der Waals surface area contributed by atoms with Crippen molar-refractivity contribution in [1.82, 2.24) is 0 Å². The van der Waals surface area contributed by atoms with Crippen molar-refractivity contribution in [2.24, 2.45) is 23.7 Å². The summed E-state index contributed by atoms with van der Waals surface area (Å²) in [7, 11) is 3.06. The molecule has 0 radical (unpaired) electrons. The van der Waals surface area contributed by atoms with E-state index in [2.05, 4.69) is 16.2 Å². The fourth-order valence-corrected chi connectivity index (χ4v) is 5.73. The van der Waals surface area contributed by atoms with E-state index in [1.807, 2.05) is 0 Å². The van der Waals surface area contributed by atoms with Crippen LogP contribution in [0.15, 0.2) is 10.9 Å². The SMILES string of the molecule is CC1CCC(C2CCC(C3CCC(F)CC3)=C(P)C2)CC1. The zero-order valence-corrected chi connectivity index (χ0v) is 14.8. The van der Waals surface area contributed by atoms with E-state index >= 15 is 0 Å². The first kappa shape index (κ1) is 16.0. The zero-order valence-electron chi connectivity index (χ0n) is 13.6. The van der Waals surface area contributed by atoms with Gasteiger partial charge in [0, 0.05) is 0 Å². The third kappa shape index (κ3) is 3.90. The molecular weight excluding hydrogens is 278 g/mol. The van der Waals surface area contributed by atoms with Crippen LogP contribution in [-0.2, 0) is 0 Å². The third-order valence-corrected chi connectivity index (χ3v) is 7.16. The molecule has 120 valence electrons. The maximum absolute atomic E-state index is 13.3. The average Bonchev–Trinajstić information content (AvgIpc) is 2.49. The first-order valence-electron chi connectivity index (χ1n) is 9.25. The van der Waals surface area contributed by atoms with Crippen molar-refractivity contribution < 1.29 is 4.39 Å². The Hall–Kier alpha value is 0.100. The van der Waals surface area contributed by atoms with E-state index in [1.165, 1.54) is 44.9 Å². The largest absolute Gasteiger partial charge is 0.247 e. The third-order valence-electron chi connectivity index (χ3n) is 6.56. The normalized spacial score (nSPS) is 42.1. The average molecular weight is 310 g/mol. The lowest BCUT2D eigenvalue weighted by Crippen LogP contribution is -2.25. The number of hydrogen-bond donors (Lipinski definition) is 0. The van der Waals surface area contributed by atoms with Crippen molar-refractivity contribution in [3.8, 4) is 0 Å². The number of hydrogen-bond acceptors (Lipinski definition) is 0. The van der Waals surface area contributed by atoms with E-state index in [4.69, 9.17) is 0 Å². The number of allylic oxidation sites excluding steroid dienone is 2. The van der Waals surface area contributed by atoms with Gasteiger partial charge in [0.05, 0.1) is 0 Å². The highest BCUT2D eigenvalue weighted by molar-refractivity contribution is 7.22. The van der Waals surface area contributed by atoms with Gasteiger partial charge in [-0.05, 0) is 81.5 Å². The lowest BCUT2D eigenvalue weighted by atomic mass is 9.69. The summed E-state index contributed by atoms with van der Waals surface area (Å²) in [6, 6.07) is 0. The second kappa shape index (κ2) is 7.12. The van der Waals surface area contributed by atoms with Crippen molar-refractivity contribution in [3.05, 3.63) is 10.9 Å². The molecule has 2 atom stereocenters. The van der Waals surface area contributed by atoms with Crippen molar-refractivity contribution in [2.45, 2.75) is 83.7 Å². The molecule has 0 bridgehead atoms. The molecule has 0 aliphatic heterocycles. The molecule has 0 amide bonds. The van der Waals surface area contributed by atoms with Crippen LogP contribution in [0.2, 0.25) is 0 Å². The highest BCUT2D eigenvalue weighted by Crippen LogP contribution is 2.46. The molecule has 2 fully saturated rings. The summed E-state index contributed by atoms with van der Waals surface area (Å²) < 4.78 is 13.3. The van der Waals surface area contributed by atoms with E-state index in [1.54, 1.807) is 10.9 Å². The summed E-state index contributed by atoms with van der Waals surface area (Å²) in [5.74, 6) is 3.59. The maximum Gasteiger partial charge on any atom is 0.100 e. The van der Waals surface area contributed by atoms with Gasteiger partial charge in [-0.25, -0.2) is 4.39 Å². The van der Waals surface area contributed by atoms with Gasteiger partial charge in [-0.15, -0.1) is 9.24 Å². The molecule has 3 aliphatic rings. The lowest BCUT2D eigenvalue weighted by Gasteiger charge is -2.38. The Morgan fingerprint density at radius 3 is 2.14 bits per heavy atom. The van der Waals surface area contributed by atoms with Gasteiger partial charge in [0.15, 0.2) is 0 Å². The van der Waals surface area contributed by atoms with Crippen LogP contribution >= 0.6 is 9.24 Å². The summed E-state index contributed by atoms with van der Waals surface area (Å²) >= 11 is 0. The van der Waals surface area contributed by atoms with Gasteiger partial charge in [0.1, 0.15) is 6.17 Å². The Kier molecular flexibility index (Phi) is 5.41. The van der Waals surface area contributed by atoms with Crippen LogP contribution in [-0.4, -0.2) is 6.17 Å². The summed E-state index contributed by atoms with van der Waals surface area (Å²) in [5.41, 5.74) is 1.70. The fraction of sp³-hybridized carbons (Fsp3) is 0.895. The van der Waals surface area contributed by atoms with Crippen LogP contribution in [0.4, 0.5) is 4.39 Å². The van der Waals surface area contributed by atoms with Crippen LogP contribution in [0.25, 0.3) is 0 Å². The molecule has 0 N–H and O–H groups in total. The molecule has 0 heterocycles. The Bertz CT molecular complexity index is 373. The number of alkyl halides is 1. The quantitative estimate of drug-likeness (QED) is 0.527. The molecule has 2 heteroatoms. The Balaban J connectivity index is 1.58. The molecule has 0 saturated heterocycles. The minimum absolute atomic E-state index is 0.518. The van der Waals surface area contributed by atoms with E-state index in [9.17, 15) is 4.39 Å². The second-order valence-electron chi connectivity index (χ2n) is 8.02. The molecular formula is C19H32FP. The molecule has 2 saturated carbocycles. The van der Waals surface area contributed by atoms with Crippen molar-refractivity contribution in [1.29, 1.82) is 0 Å². The van der Waals surface area contributed by atoms with E-state index < -0.39 is 6.17 Å². The van der Waals surface area contributed by atoms with Gasteiger partial charge >= 0.3 is 0 Å². The summed E-state index contributed by atoms with van der Waals surface area (Å²) in [6.45, 7) is 2.41. The van der Waals surface area contributed by atoms with Crippen molar-refractivity contribution in [2.75, 3.05) is 0 Å². The van der Waals surface area contributed by atoms with E-state index in [0.717, 1.165) is 43.4 Å². The lowest BCUT2D eigenvalue weighted by molar-refractivity contribution is 0.189. The Labute approximate surface area is 132 Å². The van der Waals surface area contributed by atoms with E-state index in [-0.39, 0.29) is 0 Å². The standard InChI is InChI=1S/C19H32FP/c1-13-2-4-14(5-3-13)16-8-11-18(19(21)12-16)15-6-9-17(20)10-7-15/h13-17H,2-12,21H2,1H3. The first-order valence-corrected chi connectivity index (χ1v) is 9.82. The molecule has 2 unspecified atom stereocenters. The van der Waals surface area contributed by atoms with Gasteiger partial charge in [-0.1, -0.05) is 30.7 Å². The van der Waals surface area contributed by atoms with Crippen molar-refractivity contribution >= 4 is 9.24 Å². The predicted molar refractivity (Wildman–Crippen MR) is 92.1 cm³/mol. The molecule has 3 rings (SSSR count). The van der Waals surface area contributed by atoms with Crippen molar-refractivity contribution in [3.63, 3.8) is 0 Å². The topological polar surface area (TPSA) is 0 Å². The molecule has 0 aromatic carbocycles. The van der Waals surface area contributed by atoms with Gasteiger partial charge in [-0.2, -0.15) is 0 Å². The minimum Gasteiger partial charge on any atom is -0.247 e. The minimum atomic E-state index is -0.518. The van der Waals surface area contributed by atoms with Crippen LogP contribution in [0.5, 0.6) is 0 Å². The predicted octanol–water partition coefficient (Wildman–Crippen LogP) is 6.27. The zero-order chi connectivity index (χ0) is 14.8. The van der Waals surface area contributed by atoms with Crippen LogP contribution in [0.1, 0.15) is 77.6 Å². The van der Waals surface area contributed by atoms with Crippen LogP contribution < -0.4 is 0 Å². The molecule has 0 aromatic heterocycles. The van der Waals surface area contributed by atoms with E-state index in [0.29, 0.717) is 5.92 Å². The number of halogens is 1. The van der Waals surface area contributed by atoms with Gasteiger partial charge in [0.25, 0.3) is 0 Å². The molecule has 21 heavy (non-hydrogen) atoms. The van der Waals surface area contributed by atoms with Crippen LogP contribution in [0, 0.1) is 23.7 Å². The fourth-order valence-electron chi connectivity index (χ4n) is 5.04. The summed E-state index contributed by atoms with van der Waals surface area (Å²) in [4.78, 5) is 0. The molecule has 3 aliphatic carbocycles. The van der Waals surface area contributed by atoms with Crippen LogP contribution in [0.3, 0.4) is 0 Å². The summed E-state index contributed by atoms with van der Waals surface area (Å²) in [6.07, 6.45) is 13.1. The smallest absolute Gasteiger partial charge is 0.100 e. The van der Waals surface area contributed by atoms with Gasteiger partial charge in [0.2, 0.25) is 0 Å². The van der Waals surface area contributed by atoms with Gasteiger partial charge in [-0.3, -0.25) is 0 Å². The number of rotatable bonds is 2. The highest BCUT2D eigenvalue weighted by Gasteiger charge is 2.32. The monoisotopic (exact) mass is 310 g/mol. The first-order chi connectivity index (χ1) is 10.1. The summed E-state index contributed by atoms with van der Waals surface area (Å²) in [5, 5.41) is 1.60. The van der Waals surface area contributed by atoms with Gasteiger partial charge < -0.3 is 0 Å². The highest BCUT2D eigenvalue weighted by atomic mass is 31.0. The molecule has 0 aromatic rings. The Morgan fingerprint density at radius 1 is 0.857 bits per heavy atom. The maximum atomic E-state index is 13.3. The Morgan fingerprint density at radius 2 is 1.52 bits per heavy atom.